The predicted octanol–water partition coefficient (Wildman–Crippen LogP) is 0.787. The number of nitrogens with one attached hydrogen (secondary N) is 1. The van der Waals surface area contributed by atoms with Gasteiger partial charge in [0.25, 0.3) is 0 Å². The van der Waals surface area contributed by atoms with E-state index in [4.69, 9.17) is 9.97 Å². The Morgan fingerprint density at radius 2 is 1.92 bits per heavy atom. The van der Waals surface area contributed by atoms with Crippen LogP contribution in [0.1, 0.15) is 18.4 Å². The van der Waals surface area contributed by atoms with Crippen LogP contribution in [0.5, 0.6) is 0 Å². The Balaban J connectivity index is 1.99. The van der Waals surface area contributed by atoms with Gasteiger partial charge in [0.05, 0.1) is 19.6 Å². The van der Waals surface area contributed by atoms with Crippen molar-refractivity contribution in [2.24, 2.45) is 0 Å². The molecule has 24 heavy (non-hydrogen) atoms. The van der Waals surface area contributed by atoms with Crippen molar-refractivity contribution in [1.29, 1.82) is 0 Å². The molecule has 6 nitrogen and oxygen atoms in total. The molecule has 3 heterocycles. The predicted molar refractivity (Wildman–Crippen MR) is 99.9 cm³/mol. The number of fused-ring (bicyclic) bond motifs is 1. The highest BCUT2D eigenvalue weighted by atomic mass is 15.3. The standard InChI is InChI=1S/C18H28N6/c1-3-8-20-18-21-16-15(7-5-12-23(16)11-4-2)17(22-18)24-13-6-9-19-10-14-24/h3-4,19H,1-2,5-14H2,(H,20,21,22)/p+1. The number of anilines is 3. The molecular formula is C18H29N6+. The zero-order valence-corrected chi connectivity index (χ0v) is 14.5. The minimum Gasteiger partial charge on any atom is -0.352 e. The molecule has 0 bridgehead atoms. The summed E-state index contributed by atoms with van der Waals surface area (Å²) in [5.41, 5.74) is 1.30. The summed E-state index contributed by atoms with van der Waals surface area (Å²) >= 11 is 0. The fraction of sp³-hybridized carbons (Fsp3) is 0.556. The number of nitrogens with zero attached hydrogens (tertiary/aromatic N) is 4. The van der Waals surface area contributed by atoms with Crippen LogP contribution in [0.3, 0.4) is 0 Å². The van der Waals surface area contributed by atoms with Gasteiger partial charge in [-0.15, -0.1) is 13.2 Å². The van der Waals surface area contributed by atoms with Crippen molar-refractivity contribution in [2.45, 2.75) is 19.3 Å². The molecule has 3 N–H and O–H groups in total. The Bertz CT molecular complexity index is 577. The fourth-order valence-corrected chi connectivity index (χ4v) is 3.48. The van der Waals surface area contributed by atoms with Gasteiger partial charge in [-0.05, 0) is 12.8 Å². The number of nitrogens with two attached hydrogens (primary N) is 1. The minimum atomic E-state index is 0.674. The highest BCUT2D eigenvalue weighted by molar-refractivity contribution is 5.65. The van der Waals surface area contributed by atoms with Gasteiger partial charge in [-0.1, -0.05) is 12.2 Å². The van der Waals surface area contributed by atoms with E-state index < -0.39 is 0 Å². The Hall–Kier alpha value is -2.08. The number of aromatic nitrogens is 2. The van der Waals surface area contributed by atoms with Crippen LogP contribution in [0.2, 0.25) is 0 Å². The van der Waals surface area contributed by atoms with Gasteiger partial charge < -0.3 is 20.4 Å². The van der Waals surface area contributed by atoms with Crippen molar-refractivity contribution < 1.29 is 5.32 Å². The van der Waals surface area contributed by atoms with Gasteiger partial charge in [-0.3, -0.25) is 0 Å². The minimum absolute atomic E-state index is 0.674. The first kappa shape index (κ1) is 16.8. The zero-order chi connectivity index (χ0) is 16.8. The van der Waals surface area contributed by atoms with E-state index in [0.29, 0.717) is 12.5 Å². The van der Waals surface area contributed by atoms with E-state index in [1.54, 1.807) is 0 Å². The average Bonchev–Trinajstić information content (AvgIpc) is 2.89. The second kappa shape index (κ2) is 8.15. The molecular weight excluding hydrogens is 300 g/mol. The zero-order valence-electron chi connectivity index (χ0n) is 14.5. The van der Waals surface area contributed by atoms with E-state index >= 15 is 0 Å². The number of quaternary nitrogens is 1. The van der Waals surface area contributed by atoms with Crippen molar-refractivity contribution in [1.82, 2.24) is 9.97 Å². The quantitative estimate of drug-likeness (QED) is 0.756. The van der Waals surface area contributed by atoms with Gasteiger partial charge in [0.15, 0.2) is 0 Å². The summed E-state index contributed by atoms with van der Waals surface area (Å²) < 4.78 is 0. The molecule has 3 rings (SSSR count). The second-order valence-corrected chi connectivity index (χ2v) is 6.39. The largest absolute Gasteiger partial charge is 0.352 e. The fourth-order valence-electron chi connectivity index (χ4n) is 3.48. The first-order chi connectivity index (χ1) is 11.8. The molecule has 130 valence electrons. The molecule has 0 aromatic carbocycles. The highest BCUT2D eigenvalue weighted by Crippen LogP contribution is 2.33. The Morgan fingerprint density at radius 1 is 1.04 bits per heavy atom. The average molecular weight is 329 g/mol. The third-order valence-corrected chi connectivity index (χ3v) is 4.61. The summed E-state index contributed by atoms with van der Waals surface area (Å²) in [6.07, 6.45) is 7.20. The molecule has 0 atom stereocenters. The molecule has 0 amide bonds. The van der Waals surface area contributed by atoms with Gasteiger partial charge in [0, 0.05) is 38.2 Å². The molecule has 0 unspecified atom stereocenters. The summed E-state index contributed by atoms with van der Waals surface area (Å²) in [5, 5.41) is 5.67. The second-order valence-electron chi connectivity index (χ2n) is 6.39. The smallest absolute Gasteiger partial charge is 0.226 e. The monoisotopic (exact) mass is 329 g/mol. The molecule has 6 heteroatoms. The summed E-state index contributed by atoms with van der Waals surface area (Å²) in [6, 6.07) is 0. The molecule has 1 aromatic heterocycles. The maximum atomic E-state index is 4.87. The number of rotatable bonds is 6. The third kappa shape index (κ3) is 3.70. The van der Waals surface area contributed by atoms with Gasteiger partial charge in [-0.2, -0.15) is 9.97 Å². The normalized spacial score (nSPS) is 17.8. The lowest BCUT2D eigenvalue weighted by atomic mass is 10.1. The first-order valence-corrected chi connectivity index (χ1v) is 9.01. The number of hydrogen-bond acceptors (Lipinski definition) is 5. The Labute approximate surface area is 144 Å². The summed E-state index contributed by atoms with van der Waals surface area (Å²) in [5.74, 6) is 2.90. The van der Waals surface area contributed by atoms with Crippen LogP contribution in [0.15, 0.2) is 25.3 Å². The topological polar surface area (TPSA) is 60.9 Å². The lowest BCUT2D eigenvalue weighted by molar-refractivity contribution is -0.650. The van der Waals surface area contributed by atoms with Crippen LogP contribution in [0.25, 0.3) is 0 Å². The van der Waals surface area contributed by atoms with E-state index in [-0.39, 0.29) is 0 Å². The van der Waals surface area contributed by atoms with Crippen molar-refractivity contribution in [3.05, 3.63) is 30.9 Å². The van der Waals surface area contributed by atoms with E-state index in [9.17, 15) is 0 Å². The maximum absolute atomic E-state index is 4.87. The molecule has 0 saturated carbocycles. The summed E-state index contributed by atoms with van der Waals surface area (Å²) in [4.78, 5) is 14.4. The Morgan fingerprint density at radius 3 is 2.75 bits per heavy atom. The van der Waals surface area contributed by atoms with Crippen LogP contribution >= 0.6 is 0 Å². The SMILES string of the molecule is C=CCNc1nc2c(c(N3CCC[NH2+]CC3)n1)CCCN2CC=C. The van der Waals surface area contributed by atoms with Crippen molar-refractivity contribution in [2.75, 3.05) is 60.9 Å². The van der Waals surface area contributed by atoms with Crippen LogP contribution in [-0.4, -0.2) is 55.8 Å². The highest BCUT2D eigenvalue weighted by Gasteiger charge is 2.26. The van der Waals surface area contributed by atoms with Crippen molar-refractivity contribution >= 4 is 17.6 Å². The van der Waals surface area contributed by atoms with E-state index in [0.717, 1.165) is 57.2 Å². The summed E-state index contributed by atoms with van der Waals surface area (Å²) in [7, 11) is 0. The molecule has 1 saturated heterocycles. The van der Waals surface area contributed by atoms with Gasteiger partial charge in [-0.25, -0.2) is 0 Å². The molecule has 2 aliphatic rings. The van der Waals surface area contributed by atoms with Gasteiger partial charge in [0.1, 0.15) is 11.6 Å². The molecule has 1 aromatic rings. The lowest BCUT2D eigenvalue weighted by Crippen LogP contribution is -2.84. The van der Waals surface area contributed by atoms with E-state index in [1.165, 1.54) is 18.5 Å². The molecule has 0 spiro atoms. The summed E-state index contributed by atoms with van der Waals surface area (Å²) in [6.45, 7) is 14.7. The Kier molecular flexibility index (Phi) is 5.69. The molecule has 0 aliphatic carbocycles. The van der Waals surface area contributed by atoms with Crippen LogP contribution in [0, 0.1) is 0 Å². The van der Waals surface area contributed by atoms with Crippen molar-refractivity contribution in [3.63, 3.8) is 0 Å². The van der Waals surface area contributed by atoms with Crippen molar-refractivity contribution in [3.8, 4) is 0 Å². The molecule has 0 radical (unpaired) electrons. The third-order valence-electron chi connectivity index (χ3n) is 4.61. The maximum Gasteiger partial charge on any atom is 0.226 e. The van der Waals surface area contributed by atoms with Crippen LogP contribution < -0.4 is 20.4 Å². The number of hydrogen-bond donors (Lipinski definition) is 2. The van der Waals surface area contributed by atoms with Gasteiger partial charge >= 0.3 is 0 Å². The molecule has 2 aliphatic heterocycles. The lowest BCUT2D eigenvalue weighted by Gasteiger charge is -2.33. The van der Waals surface area contributed by atoms with E-state index in [1.807, 2.05) is 12.2 Å². The first-order valence-electron chi connectivity index (χ1n) is 9.01. The van der Waals surface area contributed by atoms with E-state index in [2.05, 4.69) is 33.6 Å². The van der Waals surface area contributed by atoms with Crippen LogP contribution in [0.4, 0.5) is 17.6 Å². The molecule has 1 fully saturated rings. The van der Waals surface area contributed by atoms with Gasteiger partial charge in [0.2, 0.25) is 5.95 Å². The van der Waals surface area contributed by atoms with Crippen LogP contribution in [-0.2, 0) is 6.42 Å².